The Morgan fingerprint density at radius 2 is 1.58 bits per heavy atom. The van der Waals surface area contributed by atoms with Crippen LogP contribution in [0.2, 0.25) is 0 Å². The monoisotopic (exact) mass is 495 g/mol. The lowest BCUT2D eigenvalue weighted by Gasteiger charge is -2.44. The van der Waals surface area contributed by atoms with Crippen molar-refractivity contribution in [3.8, 4) is 11.8 Å². The number of allylic oxidation sites excluding steroid dienone is 2. The quantitative estimate of drug-likeness (QED) is 0.439. The fourth-order valence-corrected chi connectivity index (χ4v) is 5.23. The number of carbonyl (C=O) groups is 3. The summed E-state index contributed by atoms with van der Waals surface area (Å²) in [6, 6.07) is 3.92. The average molecular weight is 496 g/mol. The highest BCUT2D eigenvalue weighted by atomic mass is 16.6. The molecule has 7 nitrogen and oxygen atoms in total. The standard InChI is InChI=1S/C29H37NO6/c1-8-9-22-14-18(2)25(19(3)15-22)26-23(31)16-29(17-24(26)36-28(33)21(5)35-7)10-12-30(13-11-29)27(32)20(4)34-6/h14-15,20-21H,10-13,16-17H2,1-7H3. The summed E-state index contributed by atoms with van der Waals surface area (Å²) in [5, 5.41) is 0. The molecule has 36 heavy (non-hydrogen) atoms. The van der Waals surface area contributed by atoms with Crippen molar-refractivity contribution < 1.29 is 28.6 Å². The maximum atomic E-state index is 13.8. The van der Waals surface area contributed by atoms with Gasteiger partial charge in [-0.15, -0.1) is 5.92 Å². The summed E-state index contributed by atoms with van der Waals surface area (Å²) in [4.78, 5) is 40.9. The van der Waals surface area contributed by atoms with Crippen LogP contribution in [0.3, 0.4) is 0 Å². The van der Waals surface area contributed by atoms with Crippen LogP contribution in [-0.4, -0.2) is 62.1 Å². The summed E-state index contributed by atoms with van der Waals surface area (Å²) in [5.74, 6) is 5.76. The number of ketones is 1. The van der Waals surface area contributed by atoms with Gasteiger partial charge in [0.15, 0.2) is 11.9 Å². The number of esters is 1. The molecule has 0 aromatic heterocycles. The largest absolute Gasteiger partial charge is 0.428 e. The Morgan fingerprint density at radius 1 is 1.00 bits per heavy atom. The van der Waals surface area contributed by atoms with Crippen LogP contribution in [0.1, 0.15) is 68.7 Å². The summed E-state index contributed by atoms with van der Waals surface area (Å²) in [5.41, 5.74) is 3.60. The molecule has 1 aliphatic heterocycles. The van der Waals surface area contributed by atoms with E-state index >= 15 is 0 Å². The van der Waals surface area contributed by atoms with Crippen LogP contribution in [0.25, 0.3) is 5.57 Å². The van der Waals surface area contributed by atoms with Crippen LogP contribution in [0.4, 0.5) is 0 Å². The Morgan fingerprint density at radius 3 is 2.11 bits per heavy atom. The molecular formula is C29H37NO6. The van der Waals surface area contributed by atoms with Gasteiger partial charge >= 0.3 is 5.97 Å². The minimum Gasteiger partial charge on any atom is -0.428 e. The Balaban J connectivity index is 2.01. The zero-order chi connectivity index (χ0) is 26.6. The second-order valence-corrected chi connectivity index (χ2v) is 9.94. The summed E-state index contributed by atoms with van der Waals surface area (Å²) in [6.07, 6.45) is 0.840. The van der Waals surface area contributed by atoms with Gasteiger partial charge in [-0.25, -0.2) is 4.79 Å². The van der Waals surface area contributed by atoms with Gasteiger partial charge in [-0.05, 0) is 81.7 Å². The number of aryl methyl sites for hydroxylation is 2. The molecule has 0 radical (unpaired) electrons. The first-order chi connectivity index (χ1) is 17.1. The maximum absolute atomic E-state index is 13.8. The number of benzene rings is 1. The number of hydrogen-bond acceptors (Lipinski definition) is 6. The van der Waals surface area contributed by atoms with E-state index < -0.39 is 18.2 Å². The minimum absolute atomic E-state index is 0.0420. The molecule has 1 amide bonds. The smallest absolute Gasteiger partial charge is 0.340 e. The van der Waals surface area contributed by atoms with E-state index in [1.54, 1.807) is 25.7 Å². The van der Waals surface area contributed by atoms with Crippen molar-refractivity contribution >= 4 is 23.2 Å². The zero-order valence-corrected chi connectivity index (χ0v) is 22.4. The van der Waals surface area contributed by atoms with E-state index in [2.05, 4.69) is 11.8 Å². The number of hydrogen-bond donors (Lipinski definition) is 0. The SMILES string of the molecule is CC#Cc1cc(C)c(C2=C(OC(=O)C(C)OC)CC3(CCN(C(=O)C(C)OC)CC3)CC2=O)c(C)c1. The Labute approximate surface area is 214 Å². The van der Waals surface area contributed by atoms with Crippen LogP contribution in [0.5, 0.6) is 0 Å². The molecule has 2 atom stereocenters. The molecule has 0 saturated carbocycles. The lowest BCUT2D eigenvalue weighted by molar-refractivity contribution is -0.150. The normalized spacial score (nSPS) is 19.0. The molecule has 1 fully saturated rings. The number of Topliss-reactive ketones (excluding diaryl/α,β-unsaturated/α-hetero) is 1. The third-order valence-electron chi connectivity index (χ3n) is 7.43. The fraction of sp³-hybridized carbons (Fsp3) is 0.552. The maximum Gasteiger partial charge on any atom is 0.340 e. The number of piperidine rings is 1. The fourth-order valence-electron chi connectivity index (χ4n) is 5.23. The van der Waals surface area contributed by atoms with E-state index in [9.17, 15) is 14.4 Å². The van der Waals surface area contributed by atoms with Gasteiger partial charge in [0.2, 0.25) is 0 Å². The van der Waals surface area contributed by atoms with E-state index in [-0.39, 0.29) is 17.1 Å². The predicted octanol–water partition coefficient (Wildman–Crippen LogP) is 3.97. The summed E-state index contributed by atoms with van der Waals surface area (Å²) in [7, 11) is 2.97. The van der Waals surface area contributed by atoms with Gasteiger partial charge in [0.1, 0.15) is 11.9 Å². The van der Waals surface area contributed by atoms with Crippen molar-refractivity contribution in [2.75, 3.05) is 27.3 Å². The second-order valence-electron chi connectivity index (χ2n) is 9.94. The lowest BCUT2D eigenvalue weighted by atomic mass is 9.66. The molecule has 1 aromatic carbocycles. The third kappa shape index (κ3) is 5.71. The van der Waals surface area contributed by atoms with Crippen LogP contribution in [-0.2, 0) is 28.6 Å². The number of ether oxygens (including phenoxy) is 3. The van der Waals surface area contributed by atoms with E-state index in [0.29, 0.717) is 50.1 Å². The molecule has 1 heterocycles. The lowest BCUT2D eigenvalue weighted by Crippen LogP contribution is -2.48. The van der Waals surface area contributed by atoms with Gasteiger partial charge in [0, 0.05) is 45.7 Å². The van der Waals surface area contributed by atoms with Gasteiger partial charge in [0.25, 0.3) is 5.91 Å². The molecule has 2 unspecified atom stereocenters. The Kier molecular flexibility index (Phi) is 8.76. The van der Waals surface area contributed by atoms with E-state index in [1.165, 1.54) is 14.2 Å². The molecule has 0 bridgehead atoms. The summed E-state index contributed by atoms with van der Waals surface area (Å²) >= 11 is 0. The van der Waals surface area contributed by atoms with Crippen LogP contribution in [0, 0.1) is 31.1 Å². The second kappa shape index (κ2) is 11.4. The number of carbonyl (C=O) groups excluding carboxylic acids is 3. The first-order valence-electron chi connectivity index (χ1n) is 12.4. The number of methoxy groups -OCH3 is 2. The van der Waals surface area contributed by atoms with Crippen molar-refractivity contribution in [3.63, 3.8) is 0 Å². The zero-order valence-electron chi connectivity index (χ0n) is 22.4. The topological polar surface area (TPSA) is 82.1 Å². The molecule has 1 aromatic rings. The Bertz CT molecular complexity index is 1110. The van der Waals surface area contributed by atoms with Crippen molar-refractivity contribution in [1.82, 2.24) is 4.90 Å². The van der Waals surface area contributed by atoms with E-state index in [0.717, 1.165) is 22.3 Å². The predicted molar refractivity (Wildman–Crippen MR) is 137 cm³/mol. The van der Waals surface area contributed by atoms with Crippen molar-refractivity contribution in [3.05, 3.63) is 40.1 Å². The molecular weight excluding hydrogens is 458 g/mol. The molecule has 2 aliphatic rings. The summed E-state index contributed by atoms with van der Waals surface area (Å²) < 4.78 is 16.3. The first-order valence-corrected chi connectivity index (χ1v) is 12.4. The van der Waals surface area contributed by atoms with Gasteiger partial charge in [0.05, 0.1) is 5.57 Å². The highest BCUT2D eigenvalue weighted by Crippen LogP contribution is 2.48. The molecule has 1 aliphatic carbocycles. The number of rotatable bonds is 6. The molecule has 3 rings (SSSR count). The minimum atomic E-state index is -0.758. The van der Waals surface area contributed by atoms with Gasteiger partial charge in [-0.1, -0.05) is 5.92 Å². The molecule has 1 saturated heterocycles. The first kappa shape index (κ1) is 27.6. The highest BCUT2D eigenvalue weighted by Gasteiger charge is 2.45. The highest BCUT2D eigenvalue weighted by molar-refractivity contribution is 6.23. The van der Waals surface area contributed by atoms with Gasteiger partial charge in [-0.3, -0.25) is 9.59 Å². The van der Waals surface area contributed by atoms with E-state index in [1.807, 2.05) is 26.0 Å². The van der Waals surface area contributed by atoms with Crippen LogP contribution in [0.15, 0.2) is 17.9 Å². The number of nitrogens with zero attached hydrogens (tertiary/aromatic N) is 1. The van der Waals surface area contributed by atoms with Crippen molar-refractivity contribution in [2.45, 2.75) is 72.5 Å². The van der Waals surface area contributed by atoms with Crippen molar-refractivity contribution in [2.24, 2.45) is 5.41 Å². The molecule has 1 spiro atoms. The van der Waals surface area contributed by atoms with Gasteiger partial charge in [-0.2, -0.15) is 0 Å². The van der Waals surface area contributed by atoms with Crippen LogP contribution >= 0.6 is 0 Å². The molecule has 7 heteroatoms. The van der Waals surface area contributed by atoms with Crippen molar-refractivity contribution in [1.29, 1.82) is 0 Å². The van der Waals surface area contributed by atoms with Gasteiger partial charge < -0.3 is 19.1 Å². The third-order valence-corrected chi connectivity index (χ3v) is 7.43. The van der Waals surface area contributed by atoms with Crippen LogP contribution < -0.4 is 0 Å². The average Bonchev–Trinajstić information content (AvgIpc) is 2.84. The molecule has 194 valence electrons. The molecule has 0 N–H and O–H groups in total. The number of amides is 1. The van der Waals surface area contributed by atoms with E-state index in [4.69, 9.17) is 14.2 Å². The number of likely N-dealkylation sites (tertiary alicyclic amines) is 1. The Hall–Kier alpha value is -2.95. The summed E-state index contributed by atoms with van der Waals surface area (Å²) in [6.45, 7) is 10.1.